The molecule has 1 heterocycles. The first kappa shape index (κ1) is 21.8. The number of amides is 1. The number of nitrogens with zero attached hydrogens (tertiary/aromatic N) is 2. The number of ether oxygens (including phenoxy) is 2. The molecule has 1 fully saturated rings. The SMILES string of the molecule is COC(=O)c1cccc(OCC(=O)N2CC(C)N(Cc3ccc(F)cc3)CC2C)c1. The first-order valence-electron chi connectivity index (χ1n) is 9.96. The molecule has 0 radical (unpaired) electrons. The number of esters is 1. The van der Waals surface area contributed by atoms with Crippen LogP contribution >= 0.6 is 0 Å². The Balaban J connectivity index is 1.56. The van der Waals surface area contributed by atoms with Crippen molar-refractivity contribution in [1.82, 2.24) is 9.80 Å². The molecule has 0 aliphatic carbocycles. The first-order valence-corrected chi connectivity index (χ1v) is 9.96. The van der Waals surface area contributed by atoms with Crippen LogP contribution in [0, 0.1) is 5.82 Å². The highest BCUT2D eigenvalue weighted by atomic mass is 19.1. The van der Waals surface area contributed by atoms with Crippen LogP contribution in [-0.4, -0.2) is 60.6 Å². The molecule has 0 aromatic heterocycles. The van der Waals surface area contributed by atoms with Crippen molar-refractivity contribution < 1.29 is 23.5 Å². The maximum atomic E-state index is 13.1. The summed E-state index contributed by atoms with van der Waals surface area (Å²) in [6, 6.07) is 13.3. The summed E-state index contributed by atoms with van der Waals surface area (Å²) in [5.74, 6) is -0.347. The maximum absolute atomic E-state index is 13.1. The smallest absolute Gasteiger partial charge is 0.337 e. The molecule has 1 aliphatic heterocycles. The van der Waals surface area contributed by atoms with E-state index in [1.54, 1.807) is 36.4 Å². The molecule has 1 amide bonds. The highest BCUT2D eigenvalue weighted by molar-refractivity contribution is 5.89. The lowest BCUT2D eigenvalue weighted by atomic mass is 10.1. The number of methoxy groups -OCH3 is 1. The summed E-state index contributed by atoms with van der Waals surface area (Å²) in [7, 11) is 1.32. The van der Waals surface area contributed by atoms with Gasteiger partial charge in [-0.15, -0.1) is 0 Å². The van der Waals surface area contributed by atoms with Gasteiger partial charge in [0.15, 0.2) is 6.61 Å². The topological polar surface area (TPSA) is 59.1 Å². The third kappa shape index (κ3) is 5.36. The van der Waals surface area contributed by atoms with Gasteiger partial charge in [0.05, 0.1) is 12.7 Å². The van der Waals surface area contributed by atoms with Gasteiger partial charge in [-0.25, -0.2) is 9.18 Å². The van der Waals surface area contributed by atoms with Crippen LogP contribution in [0.5, 0.6) is 5.75 Å². The zero-order valence-electron chi connectivity index (χ0n) is 17.5. The Kier molecular flexibility index (Phi) is 7.05. The Morgan fingerprint density at radius 3 is 2.50 bits per heavy atom. The summed E-state index contributed by atoms with van der Waals surface area (Å²) in [6.07, 6.45) is 0. The van der Waals surface area contributed by atoms with Crippen LogP contribution < -0.4 is 4.74 Å². The molecule has 30 heavy (non-hydrogen) atoms. The molecule has 2 aromatic carbocycles. The molecule has 6 nitrogen and oxygen atoms in total. The summed E-state index contributed by atoms with van der Waals surface area (Å²) in [6.45, 7) is 6.02. The van der Waals surface area contributed by atoms with Gasteiger partial charge in [-0.3, -0.25) is 9.69 Å². The van der Waals surface area contributed by atoms with Gasteiger partial charge in [0.2, 0.25) is 0 Å². The van der Waals surface area contributed by atoms with E-state index in [4.69, 9.17) is 9.47 Å². The lowest BCUT2D eigenvalue weighted by Gasteiger charge is -2.44. The molecule has 1 aliphatic rings. The normalized spacial score (nSPS) is 19.4. The molecule has 0 spiro atoms. The van der Waals surface area contributed by atoms with Gasteiger partial charge in [0, 0.05) is 31.7 Å². The van der Waals surface area contributed by atoms with E-state index in [2.05, 4.69) is 11.8 Å². The molecule has 2 aromatic rings. The van der Waals surface area contributed by atoms with E-state index >= 15 is 0 Å². The van der Waals surface area contributed by atoms with E-state index in [-0.39, 0.29) is 30.4 Å². The molecule has 160 valence electrons. The van der Waals surface area contributed by atoms with Crippen LogP contribution in [0.2, 0.25) is 0 Å². The van der Waals surface area contributed by atoms with Crippen LogP contribution in [0.15, 0.2) is 48.5 Å². The molecule has 1 saturated heterocycles. The van der Waals surface area contributed by atoms with E-state index < -0.39 is 5.97 Å². The first-order chi connectivity index (χ1) is 14.4. The summed E-state index contributed by atoms with van der Waals surface area (Å²) < 4.78 is 23.5. The summed E-state index contributed by atoms with van der Waals surface area (Å²) >= 11 is 0. The molecule has 0 N–H and O–H groups in total. The Morgan fingerprint density at radius 2 is 1.80 bits per heavy atom. The Labute approximate surface area is 176 Å². The number of halogens is 1. The molecule has 2 atom stereocenters. The number of hydrogen-bond donors (Lipinski definition) is 0. The Hall–Kier alpha value is -2.93. The monoisotopic (exact) mass is 414 g/mol. The number of carbonyl (C=O) groups excluding carboxylic acids is 2. The van der Waals surface area contributed by atoms with Gasteiger partial charge in [-0.1, -0.05) is 18.2 Å². The van der Waals surface area contributed by atoms with Gasteiger partial charge in [0.25, 0.3) is 5.91 Å². The second kappa shape index (κ2) is 9.71. The molecule has 3 rings (SSSR count). The van der Waals surface area contributed by atoms with Gasteiger partial charge in [0.1, 0.15) is 11.6 Å². The van der Waals surface area contributed by atoms with Crippen molar-refractivity contribution in [1.29, 1.82) is 0 Å². The number of rotatable bonds is 6. The van der Waals surface area contributed by atoms with Crippen molar-refractivity contribution >= 4 is 11.9 Å². The van der Waals surface area contributed by atoms with E-state index in [1.807, 2.05) is 11.8 Å². The molecule has 7 heteroatoms. The van der Waals surface area contributed by atoms with Crippen LogP contribution in [-0.2, 0) is 16.1 Å². The second-order valence-electron chi connectivity index (χ2n) is 7.61. The zero-order valence-corrected chi connectivity index (χ0v) is 17.5. The molecular formula is C23H27FN2O4. The minimum absolute atomic E-state index is 0.0270. The molecule has 0 saturated carbocycles. The Bertz CT molecular complexity index is 887. The van der Waals surface area contributed by atoms with Crippen LogP contribution in [0.1, 0.15) is 29.8 Å². The van der Waals surface area contributed by atoms with Crippen molar-refractivity contribution in [3.05, 3.63) is 65.5 Å². The summed E-state index contributed by atoms with van der Waals surface area (Å²) in [5.41, 5.74) is 1.42. The number of hydrogen-bond acceptors (Lipinski definition) is 5. The molecule has 2 unspecified atom stereocenters. The van der Waals surface area contributed by atoms with Gasteiger partial charge >= 0.3 is 5.97 Å². The largest absolute Gasteiger partial charge is 0.484 e. The van der Waals surface area contributed by atoms with Gasteiger partial charge in [-0.2, -0.15) is 0 Å². The number of benzene rings is 2. The van der Waals surface area contributed by atoms with Crippen molar-refractivity contribution in [3.8, 4) is 5.75 Å². The highest BCUT2D eigenvalue weighted by Gasteiger charge is 2.32. The fourth-order valence-corrected chi connectivity index (χ4v) is 3.65. The third-order valence-corrected chi connectivity index (χ3v) is 5.35. The minimum Gasteiger partial charge on any atom is -0.484 e. The van der Waals surface area contributed by atoms with E-state index in [9.17, 15) is 14.0 Å². The predicted octanol–water partition coefficient (Wildman–Crippen LogP) is 3.11. The van der Waals surface area contributed by atoms with Crippen molar-refractivity contribution in [2.45, 2.75) is 32.5 Å². The van der Waals surface area contributed by atoms with E-state index in [0.717, 1.165) is 12.1 Å². The lowest BCUT2D eigenvalue weighted by molar-refractivity contribution is -0.139. The standard InChI is InChI=1S/C23H27FN2O4/c1-16-13-26(17(2)12-25(16)14-18-7-9-20(24)10-8-18)22(27)15-30-21-6-4-5-19(11-21)23(28)29-3/h4-11,16-17H,12-15H2,1-3H3. The average molecular weight is 414 g/mol. The fourth-order valence-electron chi connectivity index (χ4n) is 3.65. The van der Waals surface area contributed by atoms with Gasteiger partial charge in [-0.05, 0) is 49.7 Å². The van der Waals surface area contributed by atoms with Crippen LogP contribution in [0.3, 0.4) is 0 Å². The van der Waals surface area contributed by atoms with E-state index in [0.29, 0.717) is 24.4 Å². The highest BCUT2D eigenvalue weighted by Crippen LogP contribution is 2.20. The number of piperazine rings is 1. The maximum Gasteiger partial charge on any atom is 0.337 e. The fraction of sp³-hybridized carbons (Fsp3) is 0.391. The lowest BCUT2D eigenvalue weighted by Crippen LogP contribution is -2.58. The van der Waals surface area contributed by atoms with E-state index in [1.165, 1.54) is 19.2 Å². The van der Waals surface area contributed by atoms with Crippen LogP contribution in [0.4, 0.5) is 4.39 Å². The van der Waals surface area contributed by atoms with Crippen molar-refractivity contribution in [2.75, 3.05) is 26.8 Å². The van der Waals surface area contributed by atoms with Crippen molar-refractivity contribution in [2.24, 2.45) is 0 Å². The summed E-state index contributed by atoms with van der Waals surface area (Å²) in [5, 5.41) is 0. The quantitative estimate of drug-likeness (QED) is 0.680. The average Bonchev–Trinajstić information content (AvgIpc) is 2.75. The molecular weight excluding hydrogens is 387 g/mol. The Morgan fingerprint density at radius 1 is 1.07 bits per heavy atom. The number of carbonyl (C=O) groups is 2. The summed E-state index contributed by atoms with van der Waals surface area (Å²) in [4.78, 5) is 28.5. The zero-order chi connectivity index (χ0) is 21.7. The third-order valence-electron chi connectivity index (χ3n) is 5.35. The second-order valence-corrected chi connectivity index (χ2v) is 7.61. The van der Waals surface area contributed by atoms with Crippen molar-refractivity contribution in [3.63, 3.8) is 0 Å². The minimum atomic E-state index is -0.452. The molecule has 0 bridgehead atoms. The van der Waals surface area contributed by atoms with Crippen LogP contribution in [0.25, 0.3) is 0 Å². The predicted molar refractivity (Wildman–Crippen MR) is 111 cm³/mol. The van der Waals surface area contributed by atoms with Gasteiger partial charge < -0.3 is 14.4 Å².